The molecule has 6 heteroatoms. The molecule has 1 atom stereocenters. The van der Waals surface area contributed by atoms with Crippen LogP contribution in [0.1, 0.15) is 20.3 Å². The normalized spacial score (nSPS) is 19.1. The lowest BCUT2D eigenvalue weighted by molar-refractivity contribution is -0.154. The summed E-state index contributed by atoms with van der Waals surface area (Å²) in [5, 5.41) is 3.48. The first-order valence-corrected chi connectivity index (χ1v) is 4.75. The molecule has 0 bridgehead atoms. The van der Waals surface area contributed by atoms with Gasteiger partial charge in [-0.3, -0.25) is 0 Å². The number of esters is 2. The highest BCUT2D eigenvalue weighted by molar-refractivity contribution is 6.37. The lowest BCUT2D eigenvalue weighted by Crippen LogP contribution is -2.25. The highest BCUT2D eigenvalue weighted by atomic mass is 16.7. The molecule has 1 heterocycles. The van der Waals surface area contributed by atoms with Gasteiger partial charge in [-0.05, 0) is 13.8 Å². The standard InChI is InChI=1S/C9H13NO5/c1-3-13-8(11)6-5-7(15-10-6)9(12)14-4-2/h7H,3-5H2,1-2H3/t7-/m1/s1. The van der Waals surface area contributed by atoms with Gasteiger partial charge in [0, 0.05) is 0 Å². The lowest BCUT2D eigenvalue weighted by Gasteiger charge is -2.05. The summed E-state index contributed by atoms with van der Waals surface area (Å²) < 4.78 is 9.44. The van der Waals surface area contributed by atoms with E-state index in [0.29, 0.717) is 0 Å². The van der Waals surface area contributed by atoms with Crippen LogP contribution in [0.15, 0.2) is 5.16 Å². The lowest BCUT2D eigenvalue weighted by atomic mass is 10.2. The molecule has 0 saturated carbocycles. The van der Waals surface area contributed by atoms with Crippen LogP contribution in [0.2, 0.25) is 0 Å². The Hall–Kier alpha value is -1.59. The quantitative estimate of drug-likeness (QED) is 0.629. The van der Waals surface area contributed by atoms with Crippen LogP contribution in [0.4, 0.5) is 0 Å². The Kier molecular flexibility index (Phi) is 4.08. The highest BCUT2D eigenvalue weighted by Crippen LogP contribution is 2.13. The molecule has 6 nitrogen and oxygen atoms in total. The predicted molar refractivity (Wildman–Crippen MR) is 50.2 cm³/mol. The summed E-state index contributed by atoms with van der Waals surface area (Å²) >= 11 is 0. The first kappa shape index (κ1) is 11.5. The van der Waals surface area contributed by atoms with Crippen molar-refractivity contribution in [1.82, 2.24) is 0 Å². The number of carbonyl (C=O) groups is 2. The van der Waals surface area contributed by atoms with Crippen LogP contribution in [0.25, 0.3) is 0 Å². The van der Waals surface area contributed by atoms with Gasteiger partial charge in [0.2, 0.25) is 6.10 Å². The summed E-state index contributed by atoms with van der Waals surface area (Å²) in [4.78, 5) is 27.1. The van der Waals surface area contributed by atoms with E-state index in [-0.39, 0.29) is 25.3 Å². The molecule has 0 aliphatic carbocycles. The molecule has 0 aromatic rings. The molecule has 0 saturated heterocycles. The van der Waals surface area contributed by atoms with Gasteiger partial charge in [-0.2, -0.15) is 0 Å². The zero-order chi connectivity index (χ0) is 11.3. The van der Waals surface area contributed by atoms with Crippen molar-refractivity contribution in [3.05, 3.63) is 0 Å². The Morgan fingerprint density at radius 3 is 2.67 bits per heavy atom. The molecule has 0 N–H and O–H groups in total. The molecule has 0 aromatic heterocycles. The van der Waals surface area contributed by atoms with Crippen LogP contribution in [-0.4, -0.2) is 37.0 Å². The molecule has 15 heavy (non-hydrogen) atoms. The highest BCUT2D eigenvalue weighted by Gasteiger charge is 2.33. The van der Waals surface area contributed by atoms with Crippen LogP contribution in [-0.2, 0) is 23.9 Å². The number of hydrogen-bond acceptors (Lipinski definition) is 6. The number of oxime groups is 1. The van der Waals surface area contributed by atoms with E-state index < -0.39 is 18.0 Å². The number of hydrogen-bond donors (Lipinski definition) is 0. The Balaban J connectivity index is 2.43. The van der Waals surface area contributed by atoms with Crippen LogP contribution < -0.4 is 0 Å². The third-order valence-corrected chi connectivity index (χ3v) is 1.73. The minimum atomic E-state index is -0.815. The van der Waals surface area contributed by atoms with Gasteiger partial charge in [-0.15, -0.1) is 0 Å². The maximum atomic E-state index is 11.2. The average molecular weight is 215 g/mol. The summed E-state index contributed by atoms with van der Waals surface area (Å²) in [6.07, 6.45) is -0.707. The summed E-state index contributed by atoms with van der Waals surface area (Å²) in [7, 11) is 0. The van der Waals surface area contributed by atoms with Crippen LogP contribution in [0.3, 0.4) is 0 Å². The zero-order valence-corrected chi connectivity index (χ0v) is 8.69. The van der Waals surface area contributed by atoms with E-state index in [1.165, 1.54) is 0 Å². The second-order valence-corrected chi connectivity index (χ2v) is 2.81. The Morgan fingerprint density at radius 2 is 2.07 bits per heavy atom. The molecule has 84 valence electrons. The van der Waals surface area contributed by atoms with Crippen LogP contribution in [0, 0.1) is 0 Å². The fourth-order valence-corrected chi connectivity index (χ4v) is 1.07. The first-order chi connectivity index (χ1) is 7.19. The van der Waals surface area contributed by atoms with E-state index >= 15 is 0 Å². The molecule has 1 aliphatic heterocycles. The molecule has 0 amide bonds. The Morgan fingerprint density at radius 1 is 1.40 bits per heavy atom. The van der Waals surface area contributed by atoms with E-state index in [1.54, 1.807) is 13.8 Å². The molecule has 1 aliphatic rings. The third-order valence-electron chi connectivity index (χ3n) is 1.73. The van der Waals surface area contributed by atoms with Gasteiger partial charge >= 0.3 is 11.9 Å². The largest absolute Gasteiger partial charge is 0.463 e. The number of rotatable bonds is 4. The molecule has 0 aromatic carbocycles. The maximum Gasteiger partial charge on any atom is 0.356 e. The SMILES string of the molecule is CCOC(=O)C1=NO[C@@H](C(=O)OCC)C1. The van der Waals surface area contributed by atoms with Gasteiger partial charge in [0.15, 0.2) is 5.71 Å². The Bertz CT molecular complexity index is 286. The minimum absolute atomic E-state index is 0.109. The molecule has 0 unspecified atom stereocenters. The molecule has 0 spiro atoms. The van der Waals surface area contributed by atoms with Gasteiger partial charge in [-0.1, -0.05) is 5.16 Å². The van der Waals surface area contributed by atoms with Gasteiger partial charge in [-0.25, -0.2) is 9.59 Å². The molecular formula is C9H13NO5. The zero-order valence-electron chi connectivity index (χ0n) is 8.69. The number of ether oxygens (including phenoxy) is 2. The predicted octanol–water partition coefficient (Wildman–Crippen LogP) is 0.257. The fourth-order valence-electron chi connectivity index (χ4n) is 1.07. The van der Waals surface area contributed by atoms with Crippen molar-refractivity contribution < 1.29 is 23.9 Å². The van der Waals surface area contributed by atoms with Crippen LogP contribution >= 0.6 is 0 Å². The van der Waals surface area contributed by atoms with Gasteiger partial charge in [0.1, 0.15) is 0 Å². The van der Waals surface area contributed by atoms with E-state index in [4.69, 9.17) is 14.3 Å². The fraction of sp³-hybridized carbons (Fsp3) is 0.667. The smallest absolute Gasteiger partial charge is 0.356 e. The van der Waals surface area contributed by atoms with Gasteiger partial charge in [0.05, 0.1) is 19.6 Å². The molecular weight excluding hydrogens is 202 g/mol. The summed E-state index contributed by atoms with van der Waals surface area (Å²) in [6.45, 7) is 3.92. The van der Waals surface area contributed by atoms with E-state index in [2.05, 4.69) is 5.16 Å². The topological polar surface area (TPSA) is 74.2 Å². The summed E-state index contributed by atoms with van der Waals surface area (Å²) in [5.41, 5.74) is 0.120. The third kappa shape index (κ3) is 2.93. The van der Waals surface area contributed by atoms with Crippen molar-refractivity contribution in [2.75, 3.05) is 13.2 Å². The average Bonchev–Trinajstić information content (AvgIpc) is 2.67. The van der Waals surface area contributed by atoms with Gasteiger partial charge in [0.25, 0.3) is 0 Å². The van der Waals surface area contributed by atoms with E-state index in [1.807, 2.05) is 0 Å². The number of nitrogens with zero attached hydrogens (tertiary/aromatic N) is 1. The number of carbonyl (C=O) groups excluding carboxylic acids is 2. The first-order valence-electron chi connectivity index (χ1n) is 4.75. The van der Waals surface area contributed by atoms with Crippen LogP contribution in [0.5, 0.6) is 0 Å². The maximum absolute atomic E-state index is 11.2. The monoisotopic (exact) mass is 215 g/mol. The van der Waals surface area contributed by atoms with Crippen molar-refractivity contribution >= 4 is 17.7 Å². The second-order valence-electron chi connectivity index (χ2n) is 2.81. The summed E-state index contributed by atoms with van der Waals surface area (Å²) in [6, 6.07) is 0. The van der Waals surface area contributed by atoms with E-state index in [0.717, 1.165) is 0 Å². The van der Waals surface area contributed by atoms with E-state index in [9.17, 15) is 9.59 Å². The molecule has 0 radical (unpaired) electrons. The second kappa shape index (κ2) is 5.33. The minimum Gasteiger partial charge on any atom is -0.463 e. The Labute approximate surface area is 87.2 Å². The van der Waals surface area contributed by atoms with Crippen molar-refractivity contribution in [2.45, 2.75) is 26.4 Å². The van der Waals surface area contributed by atoms with Crippen molar-refractivity contribution in [2.24, 2.45) is 5.16 Å². The van der Waals surface area contributed by atoms with Crippen molar-refractivity contribution in [3.8, 4) is 0 Å². The van der Waals surface area contributed by atoms with Gasteiger partial charge < -0.3 is 14.3 Å². The molecule has 1 rings (SSSR count). The molecule has 0 fully saturated rings. The van der Waals surface area contributed by atoms with Crippen molar-refractivity contribution in [3.63, 3.8) is 0 Å². The summed E-state index contributed by atoms with van der Waals surface area (Å²) in [5.74, 6) is -1.06. The van der Waals surface area contributed by atoms with Crippen molar-refractivity contribution in [1.29, 1.82) is 0 Å².